The van der Waals surface area contributed by atoms with E-state index in [1.807, 2.05) is 0 Å². The van der Waals surface area contributed by atoms with Gasteiger partial charge in [-0.15, -0.1) is 0 Å². The predicted octanol–water partition coefficient (Wildman–Crippen LogP) is -0.233. The average Bonchev–Trinajstić information content (AvgIpc) is 2.30. The number of nitrogens with zero attached hydrogens (tertiary/aromatic N) is 3. The molecule has 1 aliphatic rings. The van der Waals surface area contributed by atoms with Crippen LogP contribution in [0.3, 0.4) is 0 Å². The number of β-amino-alcohol motifs (C(OH)–C–C–N with tert-alkyl or cyclic N) is 1. The van der Waals surface area contributed by atoms with E-state index in [4.69, 9.17) is 0 Å². The Kier molecular flexibility index (Phi) is 3.21. The fourth-order valence-corrected chi connectivity index (χ4v) is 2.17. The Bertz CT molecular complexity index is 522. The van der Waals surface area contributed by atoms with Crippen molar-refractivity contribution < 1.29 is 9.90 Å². The van der Waals surface area contributed by atoms with Crippen molar-refractivity contribution in [2.45, 2.75) is 25.4 Å². The van der Waals surface area contributed by atoms with Crippen molar-refractivity contribution in [2.75, 3.05) is 13.1 Å². The van der Waals surface area contributed by atoms with Gasteiger partial charge in [0.15, 0.2) is 0 Å². The molecule has 0 aromatic carbocycles. The summed E-state index contributed by atoms with van der Waals surface area (Å²) in [6.07, 6.45) is 1.46. The molecule has 1 aliphatic heterocycles. The van der Waals surface area contributed by atoms with Gasteiger partial charge in [-0.3, -0.25) is 9.59 Å². The first-order valence-corrected chi connectivity index (χ1v) is 5.95. The summed E-state index contributed by atoms with van der Waals surface area (Å²) in [6.45, 7) is 2.64. The first-order valence-electron chi connectivity index (χ1n) is 5.95. The van der Waals surface area contributed by atoms with Crippen molar-refractivity contribution in [3.8, 4) is 0 Å². The molecule has 1 fully saturated rings. The van der Waals surface area contributed by atoms with E-state index in [9.17, 15) is 14.7 Å². The smallest absolute Gasteiger partial charge is 0.274 e. The van der Waals surface area contributed by atoms with Crippen molar-refractivity contribution in [3.05, 3.63) is 28.2 Å². The summed E-state index contributed by atoms with van der Waals surface area (Å²) in [5.41, 5.74) is -0.860. The summed E-state index contributed by atoms with van der Waals surface area (Å²) in [7, 11) is 1.51. The van der Waals surface area contributed by atoms with Crippen molar-refractivity contribution in [3.63, 3.8) is 0 Å². The lowest BCUT2D eigenvalue weighted by molar-refractivity contribution is -0.0110. The summed E-state index contributed by atoms with van der Waals surface area (Å²) in [6, 6.07) is 2.75. The van der Waals surface area contributed by atoms with Crippen LogP contribution in [0.4, 0.5) is 0 Å². The molecule has 6 nitrogen and oxygen atoms in total. The SMILES string of the molecule is Cn1nc(C(=O)N2CCCC(C)(O)C2)ccc1=O. The van der Waals surface area contributed by atoms with Crippen LogP contribution in [0.2, 0.25) is 0 Å². The lowest BCUT2D eigenvalue weighted by atomic mass is 9.95. The van der Waals surface area contributed by atoms with Gasteiger partial charge in [0.25, 0.3) is 11.5 Å². The van der Waals surface area contributed by atoms with Gasteiger partial charge in [0.2, 0.25) is 0 Å². The van der Waals surface area contributed by atoms with E-state index in [1.165, 1.54) is 19.2 Å². The highest BCUT2D eigenvalue weighted by atomic mass is 16.3. The fourth-order valence-electron chi connectivity index (χ4n) is 2.17. The van der Waals surface area contributed by atoms with Crippen molar-refractivity contribution in [1.82, 2.24) is 14.7 Å². The maximum atomic E-state index is 12.2. The Hall–Kier alpha value is -1.69. The highest BCUT2D eigenvalue weighted by Gasteiger charge is 2.31. The average molecular weight is 251 g/mol. The second kappa shape index (κ2) is 4.53. The van der Waals surface area contributed by atoms with Crippen LogP contribution in [0.15, 0.2) is 16.9 Å². The van der Waals surface area contributed by atoms with Crippen LogP contribution in [-0.2, 0) is 7.05 Å². The van der Waals surface area contributed by atoms with Gasteiger partial charge in [-0.2, -0.15) is 5.10 Å². The van der Waals surface area contributed by atoms with Crippen LogP contribution in [0, 0.1) is 0 Å². The summed E-state index contributed by atoms with van der Waals surface area (Å²) in [4.78, 5) is 25.0. The fraction of sp³-hybridized carbons (Fsp3) is 0.583. The molecule has 0 spiro atoms. The van der Waals surface area contributed by atoms with Crippen LogP contribution in [0.5, 0.6) is 0 Å². The van der Waals surface area contributed by atoms with E-state index in [0.717, 1.165) is 11.1 Å². The predicted molar refractivity (Wildman–Crippen MR) is 65.2 cm³/mol. The molecule has 1 amide bonds. The summed E-state index contributed by atoms with van der Waals surface area (Å²) in [5, 5.41) is 13.9. The molecule has 0 bridgehead atoms. The molecule has 0 saturated carbocycles. The number of rotatable bonds is 1. The van der Waals surface area contributed by atoms with Gasteiger partial charge in [-0.05, 0) is 25.8 Å². The molecule has 2 heterocycles. The quantitative estimate of drug-likeness (QED) is 0.748. The number of piperidine rings is 1. The third-order valence-corrected chi connectivity index (χ3v) is 3.14. The molecule has 1 saturated heterocycles. The number of amides is 1. The van der Waals surface area contributed by atoms with Crippen molar-refractivity contribution in [2.24, 2.45) is 7.05 Å². The zero-order valence-electron chi connectivity index (χ0n) is 10.6. The van der Waals surface area contributed by atoms with E-state index in [2.05, 4.69) is 5.10 Å². The normalized spacial score (nSPS) is 24.1. The Morgan fingerprint density at radius 3 is 2.83 bits per heavy atom. The first-order chi connectivity index (χ1) is 8.39. The summed E-state index contributed by atoms with van der Waals surface area (Å²) < 4.78 is 1.13. The Morgan fingerprint density at radius 1 is 1.50 bits per heavy atom. The maximum absolute atomic E-state index is 12.2. The second-order valence-electron chi connectivity index (χ2n) is 5.01. The minimum absolute atomic E-state index is 0.231. The van der Waals surface area contributed by atoms with E-state index < -0.39 is 5.60 Å². The zero-order valence-corrected chi connectivity index (χ0v) is 10.6. The molecule has 18 heavy (non-hydrogen) atoms. The van der Waals surface area contributed by atoms with Crippen molar-refractivity contribution in [1.29, 1.82) is 0 Å². The van der Waals surface area contributed by atoms with Crippen LogP contribution in [-0.4, -0.2) is 44.4 Å². The monoisotopic (exact) mass is 251 g/mol. The van der Waals surface area contributed by atoms with Gasteiger partial charge < -0.3 is 10.0 Å². The second-order valence-corrected chi connectivity index (χ2v) is 5.01. The molecule has 1 N–H and O–H groups in total. The number of aromatic nitrogens is 2. The summed E-state index contributed by atoms with van der Waals surface area (Å²) in [5.74, 6) is -0.245. The van der Waals surface area contributed by atoms with Gasteiger partial charge in [0.1, 0.15) is 5.69 Å². The van der Waals surface area contributed by atoms with E-state index in [1.54, 1.807) is 11.8 Å². The maximum Gasteiger partial charge on any atom is 0.274 e. The topological polar surface area (TPSA) is 75.4 Å². The third-order valence-electron chi connectivity index (χ3n) is 3.14. The Balaban J connectivity index is 2.20. The zero-order chi connectivity index (χ0) is 13.3. The van der Waals surface area contributed by atoms with E-state index in [-0.39, 0.29) is 17.2 Å². The molecule has 98 valence electrons. The molecule has 1 aromatic rings. The lowest BCUT2D eigenvalue weighted by Crippen LogP contribution is -2.49. The van der Waals surface area contributed by atoms with Gasteiger partial charge in [0.05, 0.1) is 5.60 Å². The highest BCUT2D eigenvalue weighted by molar-refractivity contribution is 5.92. The van der Waals surface area contributed by atoms with E-state index >= 15 is 0 Å². The highest BCUT2D eigenvalue weighted by Crippen LogP contribution is 2.21. The molecule has 0 radical (unpaired) electrons. The number of carbonyl (C=O) groups excluding carboxylic acids is 1. The first kappa shape index (κ1) is 12.8. The molecule has 1 atom stereocenters. The Morgan fingerprint density at radius 2 is 2.22 bits per heavy atom. The number of carbonyl (C=O) groups is 1. The molecule has 1 aromatic heterocycles. The molecule has 0 aliphatic carbocycles. The van der Waals surface area contributed by atoms with Crippen LogP contribution in [0.1, 0.15) is 30.3 Å². The van der Waals surface area contributed by atoms with Crippen LogP contribution >= 0.6 is 0 Å². The molecule has 2 rings (SSSR count). The lowest BCUT2D eigenvalue weighted by Gasteiger charge is -2.36. The molecule has 6 heteroatoms. The molecular weight excluding hydrogens is 234 g/mol. The number of hydrogen-bond acceptors (Lipinski definition) is 4. The summed E-state index contributed by atoms with van der Waals surface area (Å²) >= 11 is 0. The number of aryl methyl sites for hydroxylation is 1. The Labute approximate surface area is 105 Å². The number of likely N-dealkylation sites (tertiary alicyclic amines) is 1. The molecular formula is C12H17N3O3. The van der Waals surface area contributed by atoms with Gasteiger partial charge >= 0.3 is 0 Å². The van der Waals surface area contributed by atoms with Gasteiger partial charge in [0, 0.05) is 26.2 Å². The van der Waals surface area contributed by atoms with Crippen LogP contribution < -0.4 is 5.56 Å². The third kappa shape index (κ3) is 2.59. The minimum Gasteiger partial charge on any atom is -0.388 e. The van der Waals surface area contributed by atoms with Gasteiger partial charge in [-0.25, -0.2) is 4.68 Å². The van der Waals surface area contributed by atoms with Gasteiger partial charge in [-0.1, -0.05) is 0 Å². The standard InChI is InChI=1S/C12H17N3O3/c1-12(18)6-3-7-15(8-12)11(17)9-4-5-10(16)14(2)13-9/h4-5,18H,3,6-8H2,1-2H3. The minimum atomic E-state index is -0.839. The number of aliphatic hydroxyl groups is 1. The number of hydrogen-bond donors (Lipinski definition) is 1. The van der Waals surface area contributed by atoms with Crippen molar-refractivity contribution >= 4 is 5.91 Å². The van der Waals surface area contributed by atoms with E-state index in [0.29, 0.717) is 19.5 Å². The molecule has 1 unspecified atom stereocenters. The van der Waals surface area contributed by atoms with Crippen LogP contribution in [0.25, 0.3) is 0 Å². The largest absolute Gasteiger partial charge is 0.388 e.